The second kappa shape index (κ2) is 10.2. The summed E-state index contributed by atoms with van der Waals surface area (Å²) in [5.74, 6) is 0.371. The molecular formula is C22H29N3O3S. The molecule has 0 fully saturated rings. The number of benzene rings is 2. The zero-order valence-electron chi connectivity index (χ0n) is 17.4. The van der Waals surface area contributed by atoms with Gasteiger partial charge in [-0.1, -0.05) is 74.3 Å². The van der Waals surface area contributed by atoms with Crippen LogP contribution in [0.2, 0.25) is 0 Å². The highest BCUT2D eigenvalue weighted by Crippen LogP contribution is 2.17. The zero-order chi connectivity index (χ0) is 21.4. The summed E-state index contributed by atoms with van der Waals surface area (Å²) in [5.41, 5.74) is 3.46. The van der Waals surface area contributed by atoms with Crippen molar-refractivity contribution in [3.8, 4) is 0 Å². The van der Waals surface area contributed by atoms with Crippen LogP contribution < -0.4 is 4.83 Å². The van der Waals surface area contributed by atoms with Crippen molar-refractivity contribution >= 4 is 21.4 Å². The highest BCUT2D eigenvalue weighted by molar-refractivity contribution is 7.89. The molecule has 0 aliphatic heterocycles. The van der Waals surface area contributed by atoms with Crippen LogP contribution in [-0.2, 0) is 10.0 Å². The Hall–Kier alpha value is -2.67. The van der Waals surface area contributed by atoms with E-state index >= 15 is 0 Å². The first-order valence-electron chi connectivity index (χ1n) is 9.76. The van der Waals surface area contributed by atoms with Gasteiger partial charge in [0.25, 0.3) is 10.0 Å². The number of oxime groups is 1. The van der Waals surface area contributed by atoms with Crippen LogP contribution in [0.3, 0.4) is 0 Å². The van der Waals surface area contributed by atoms with Crippen LogP contribution in [0.25, 0.3) is 0 Å². The fourth-order valence-electron chi connectivity index (χ4n) is 2.76. The molecule has 0 heterocycles. The van der Waals surface area contributed by atoms with Crippen LogP contribution in [0.1, 0.15) is 62.6 Å². The second-order valence-corrected chi connectivity index (χ2v) is 8.96. The molecule has 0 amide bonds. The minimum atomic E-state index is -3.84. The van der Waals surface area contributed by atoms with E-state index in [1.165, 1.54) is 12.1 Å². The quantitative estimate of drug-likeness (QED) is 0.349. The molecule has 6 nitrogen and oxygen atoms in total. The molecule has 2 rings (SSSR count). The third-order valence-corrected chi connectivity index (χ3v) is 5.85. The third kappa shape index (κ3) is 6.15. The van der Waals surface area contributed by atoms with Gasteiger partial charge in [0, 0.05) is 5.56 Å². The van der Waals surface area contributed by atoms with Gasteiger partial charge in [-0.25, -0.2) is 0 Å². The standard InChI is InChI=1S/C22H29N3O3S/c1-5-6-7-21(24-26)22(19-12-10-18(11-13-19)16(2)3)23-25-29(27,28)20-14-8-17(4)9-15-20/h8-16,25-26H,5-7H2,1-4H3/b23-22-,24-21+. The molecule has 0 atom stereocenters. The maximum absolute atomic E-state index is 12.6. The van der Waals surface area contributed by atoms with Crippen molar-refractivity contribution in [3.05, 3.63) is 65.2 Å². The highest BCUT2D eigenvalue weighted by atomic mass is 32.2. The molecule has 0 spiro atoms. The minimum absolute atomic E-state index is 0.123. The molecule has 0 aromatic heterocycles. The predicted molar refractivity (Wildman–Crippen MR) is 117 cm³/mol. The lowest BCUT2D eigenvalue weighted by Crippen LogP contribution is -2.24. The third-order valence-electron chi connectivity index (χ3n) is 4.62. The summed E-state index contributed by atoms with van der Waals surface area (Å²) in [6, 6.07) is 14.2. The predicted octanol–water partition coefficient (Wildman–Crippen LogP) is 4.82. The largest absolute Gasteiger partial charge is 0.411 e. The molecule has 0 bridgehead atoms. The summed E-state index contributed by atoms with van der Waals surface area (Å²) >= 11 is 0. The zero-order valence-corrected chi connectivity index (χ0v) is 18.2. The molecule has 29 heavy (non-hydrogen) atoms. The lowest BCUT2D eigenvalue weighted by molar-refractivity contribution is 0.318. The van der Waals surface area contributed by atoms with Crippen LogP contribution in [0.4, 0.5) is 0 Å². The molecule has 0 radical (unpaired) electrons. The van der Waals surface area contributed by atoms with E-state index in [1.807, 2.05) is 38.1 Å². The molecule has 0 aliphatic rings. The van der Waals surface area contributed by atoms with Gasteiger partial charge in [0.2, 0.25) is 0 Å². The van der Waals surface area contributed by atoms with Crippen molar-refractivity contribution < 1.29 is 13.6 Å². The van der Waals surface area contributed by atoms with Gasteiger partial charge in [-0.3, -0.25) is 0 Å². The van der Waals surface area contributed by atoms with Crippen molar-refractivity contribution in [1.29, 1.82) is 0 Å². The molecule has 0 aliphatic carbocycles. The van der Waals surface area contributed by atoms with E-state index in [9.17, 15) is 13.6 Å². The molecule has 156 valence electrons. The number of hydrogen-bond acceptors (Lipinski definition) is 5. The van der Waals surface area contributed by atoms with Crippen molar-refractivity contribution in [2.75, 3.05) is 0 Å². The van der Waals surface area contributed by atoms with Gasteiger partial charge in [0.05, 0.1) is 4.90 Å². The van der Waals surface area contributed by atoms with Crippen molar-refractivity contribution in [2.45, 2.75) is 57.8 Å². The van der Waals surface area contributed by atoms with Crippen molar-refractivity contribution in [2.24, 2.45) is 10.3 Å². The van der Waals surface area contributed by atoms with Crippen molar-refractivity contribution in [1.82, 2.24) is 4.83 Å². The summed E-state index contributed by atoms with van der Waals surface area (Å²) in [6.45, 7) is 8.12. The Labute approximate surface area is 173 Å². The Balaban J connectivity index is 2.41. The summed E-state index contributed by atoms with van der Waals surface area (Å²) in [6.07, 6.45) is 2.20. The molecule has 2 aromatic carbocycles. The van der Waals surface area contributed by atoms with E-state index < -0.39 is 10.0 Å². The van der Waals surface area contributed by atoms with Gasteiger partial charge in [-0.2, -0.15) is 18.4 Å². The Morgan fingerprint density at radius 2 is 1.69 bits per heavy atom. The van der Waals surface area contributed by atoms with E-state index in [4.69, 9.17) is 0 Å². The second-order valence-electron chi connectivity index (χ2n) is 7.30. The molecule has 0 saturated carbocycles. The monoisotopic (exact) mass is 415 g/mol. The first-order valence-corrected chi connectivity index (χ1v) is 11.2. The van der Waals surface area contributed by atoms with Crippen LogP contribution in [0, 0.1) is 6.92 Å². The molecule has 2 aromatic rings. The molecular weight excluding hydrogens is 386 g/mol. The lowest BCUT2D eigenvalue weighted by atomic mass is 9.97. The number of hydrazone groups is 1. The minimum Gasteiger partial charge on any atom is -0.411 e. The van der Waals surface area contributed by atoms with Gasteiger partial charge in [0.15, 0.2) is 0 Å². The number of rotatable bonds is 9. The van der Waals surface area contributed by atoms with E-state index in [0.717, 1.165) is 24.0 Å². The van der Waals surface area contributed by atoms with E-state index in [1.54, 1.807) is 12.1 Å². The smallest absolute Gasteiger partial charge is 0.276 e. The number of nitrogens with zero attached hydrogens (tertiary/aromatic N) is 2. The molecule has 7 heteroatoms. The Bertz CT molecular complexity index is 961. The number of hydrogen-bond donors (Lipinski definition) is 2. The summed E-state index contributed by atoms with van der Waals surface area (Å²) in [5, 5.41) is 17.1. The van der Waals surface area contributed by atoms with Gasteiger partial charge in [-0.05, 0) is 43.4 Å². The maximum atomic E-state index is 12.6. The van der Waals surface area contributed by atoms with Crippen LogP contribution in [-0.4, -0.2) is 25.0 Å². The normalized spacial score (nSPS) is 13.0. The maximum Gasteiger partial charge on any atom is 0.276 e. The average Bonchev–Trinajstić information content (AvgIpc) is 2.71. The topological polar surface area (TPSA) is 91.1 Å². The van der Waals surface area contributed by atoms with Gasteiger partial charge < -0.3 is 5.21 Å². The molecule has 2 N–H and O–H groups in total. The number of unbranched alkanes of at least 4 members (excludes halogenated alkanes) is 1. The summed E-state index contributed by atoms with van der Waals surface area (Å²) < 4.78 is 25.3. The average molecular weight is 416 g/mol. The van der Waals surface area contributed by atoms with Gasteiger partial charge in [0.1, 0.15) is 11.4 Å². The first-order chi connectivity index (χ1) is 13.8. The fraction of sp³-hybridized carbons (Fsp3) is 0.364. The Morgan fingerprint density at radius 3 is 2.21 bits per heavy atom. The van der Waals surface area contributed by atoms with Crippen LogP contribution in [0.5, 0.6) is 0 Å². The van der Waals surface area contributed by atoms with E-state index in [0.29, 0.717) is 29.3 Å². The van der Waals surface area contributed by atoms with Crippen molar-refractivity contribution in [3.63, 3.8) is 0 Å². The number of nitrogens with one attached hydrogen (secondary N) is 1. The first kappa shape index (κ1) is 22.6. The van der Waals surface area contributed by atoms with Gasteiger partial charge in [-0.15, -0.1) is 0 Å². The Morgan fingerprint density at radius 1 is 1.07 bits per heavy atom. The van der Waals surface area contributed by atoms with E-state index in [2.05, 4.69) is 28.9 Å². The number of sulfonamides is 1. The Kier molecular flexibility index (Phi) is 7.96. The summed E-state index contributed by atoms with van der Waals surface area (Å²) in [7, 11) is -3.84. The summed E-state index contributed by atoms with van der Waals surface area (Å²) in [4.78, 5) is 2.41. The highest BCUT2D eigenvalue weighted by Gasteiger charge is 2.17. The van der Waals surface area contributed by atoms with Crippen LogP contribution >= 0.6 is 0 Å². The van der Waals surface area contributed by atoms with Crippen LogP contribution in [0.15, 0.2) is 63.7 Å². The molecule has 0 unspecified atom stereocenters. The number of aryl methyl sites for hydroxylation is 1. The fourth-order valence-corrected chi connectivity index (χ4v) is 3.57. The molecule has 0 saturated heterocycles. The SMILES string of the molecule is CCCCC(=N\O)/C(=N\NS(=O)(=O)c1ccc(C)cc1)c1ccc(C(C)C)cc1. The van der Waals surface area contributed by atoms with Gasteiger partial charge >= 0.3 is 0 Å². The lowest BCUT2D eigenvalue weighted by Gasteiger charge is -2.12. The van der Waals surface area contributed by atoms with E-state index in [-0.39, 0.29) is 4.90 Å².